The monoisotopic (exact) mass is 489 g/mol. The molecule has 2 aromatic heterocycles. The molecule has 0 atom stereocenters. The fourth-order valence-corrected chi connectivity index (χ4v) is 5.20. The Hall–Kier alpha value is -3.46. The molecule has 1 saturated carbocycles. The molecule has 1 amide bonds. The molecule has 3 aromatic rings. The van der Waals surface area contributed by atoms with Crippen LogP contribution >= 0.6 is 0 Å². The van der Waals surface area contributed by atoms with Gasteiger partial charge >= 0.3 is 0 Å². The molecule has 9 heteroatoms. The summed E-state index contributed by atoms with van der Waals surface area (Å²) in [6, 6.07) is 8.51. The van der Waals surface area contributed by atoms with Gasteiger partial charge in [-0.25, -0.2) is 4.98 Å². The zero-order valence-electron chi connectivity index (χ0n) is 21.2. The minimum absolute atomic E-state index is 0.152. The quantitative estimate of drug-likeness (QED) is 0.547. The Bertz CT molecular complexity index is 1270. The summed E-state index contributed by atoms with van der Waals surface area (Å²) in [5.41, 5.74) is 2.49. The summed E-state index contributed by atoms with van der Waals surface area (Å²) in [6.45, 7) is 6.48. The number of pyridine rings is 1. The minimum atomic E-state index is -0.350. The highest BCUT2D eigenvalue weighted by Gasteiger charge is 2.22. The molecule has 1 aliphatic carbocycles. The average molecular weight is 490 g/mol. The number of rotatable bonds is 6. The zero-order valence-corrected chi connectivity index (χ0v) is 21.2. The van der Waals surface area contributed by atoms with Crippen molar-refractivity contribution in [2.24, 2.45) is 0 Å². The van der Waals surface area contributed by atoms with E-state index in [2.05, 4.69) is 44.6 Å². The molecule has 0 spiro atoms. The number of aromatic nitrogens is 3. The van der Waals surface area contributed by atoms with E-state index in [0.717, 1.165) is 57.5 Å². The number of anilines is 3. The standard InChI is InChI=1S/C27H35N7O2/c1-3-28-26(36)23-18-34(21-7-5-4-6-8-21)25-22(24(23)35)17-29-27(31-25)30-19-9-11-20(12-10-19)33-15-13-32(2)14-16-33/h9-12,17-18,21H,3-8,13-16H2,1-2H3,(H,28,36)(H,29,30,31). The lowest BCUT2D eigenvalue weighted by atomic mass is 9.95. The second-order valence-electron chi connectivity index (χ2n) is 9.82. The summed E-state index contributed by atoms with van der Waals surface area (Å²) >= 11 is 0. The lowest BCUT2D eigenvalue weighted by Gasteiger charge is -2.34. The number of nitrogens with zero attached hydrogens (tertiary/aromatic N) is 5. The first kappa shape index (κ1) is 24.2. The molecule has 3 heterocycles. The Morgan fingerprint density at radius 3 is 2.47 bits per heavy atom. The van der Waals surface area contributed by atoms with Gasteiger partial charge in [-0.3, -0.25) is 9.59 Å². The molecular weight excluding hydrogens is 454 g/mol. The molecule has 190 valence electrons. The number of amides is 1. The number of likely N-dealkylation sites (N-methyl/N-ethyl adjacent to an activating group) is 1. The normalized spacial score (nSPS) is 17.3. The van der Waals surface area contributed by atoms with Gasteiger partial charge in [0.15, 0.2) is 0 Å². The lowest BCUT2D eigenvalue weighted by molar-refractivity contribution is 0.0954. The van der Waals surface area contributed by atoms with Gasteiger partial charge < -0.3 is 25.0 Å². The highest BCUT2D eigenvalue weighted by atomic mass is 16.2. The largest absolute Gasteiger partial charge is 0.369 e. The maximum atomic E-state index is 13.2. The fourth-order valence-electron chi connectivity index (χ4n) is 5.20. The van der Waals surface area contributed by atoms with E-state index in [-0.39, 0.29) is 22.9 Å². The Balaban J connectivity index is 1.45. The van der Waals surface area contributed by atoms with E-state index < -0.39 is 0 Å². The maximum absolute atomic E-state index is 13.2. The molecule has 1 aliphatic heterocycles. The van der Waals surface area contributed by atoms with Crippen LogP contribution in [0.15, 0.2) is 41.5 Å². The molecule has 2 N–H and O–H groups in total. The van der Waals surface area contributed by atoms with Crippen LogP contribution in [0.1, 0.15) is 55.4 Å². The molecule has 0 unspecified atom stereocenters. The second-order valence-corrected chi connectivity index (χ2v) is 9.82. The molecule has 0 radical (unpaired) electrons. The van der Waals surface area contributed by atoms with E-state index in [9.17, 15) is 9.59 Å². The highest BCUT2D eigenvalue weighted by Crippen LogP contribution is 2.30. The zero-order chi connectivity index (χ0) is 25.1. The van der Waals surface area contributed by atoms with Gasteiger partial charge in [0.25, 0.3) is 5.91 Å². The number of piperazine rings is 1. The van der Waals surface area contributed by atoms with Crippen LogP contribution in [0.3, 0.4) is 0 Å². The summed E-state index contributed by atoms with van der Waals surface area (Å²) in [4.78, 5) is 39.7. The Kier molecular flexibility index (Phi) is 7.18. The molecule has 9 nitrogen and oxygen atoms in total. The number of carbonyl (C=O) groups excluding carboxylic acids is 1. The van der Waals surface area contributed by atoms with E-state index in [1.165, 1.54) is 12.1 Å². The SMILES string of the molecule is CCNC(=O)c1cn(C2CCCCC2)c2nc(Nc3ccc(N4CCN(C)CC4)cc3)ncc2c1=O. The van der Waals surface area contributed by atoms with Gasteiger partial charge in [0.05, 0.1) is 5.39 Å². The van der Waals surface area contributed by atoms with Gasteiger partial charge in [-0.15, -0.1) is 0 Å². The third-order valence-corrected chi connectivity index (χ3v) is 7.31. The first-order valence-electron chi connectivity index (χ1n) is 13.0. The highest BCUT2D eigenvalue weighted by molar-refractivity contribution is 5.96. The molecule has 5 rings (SSSR count). The third-order valence-electron chi connectivity index (χ3n) is 7.31. The van der Waals surface area contributed by atoms with E-state index >= 15 is 0 Å². The van der Waals surface area contributed by atoms with Crippen LogP contribution < -0.4 is 21.0 Å². The minimum Gasteiger partial charge on any atom is -0.369 e. The van der Waals surface area contributed by atoms with Gasteiger partial charge in [0.1, 0.15) is 11.2 Å². The first-order chi connectivity index (χ1) is 17.5. The molecule has 2 aliphatic rings. The number of hydrogen-bond acceptors (Lipinski definition) is 7. The molecule has 36 heavy (non-hydrogen) atoms. The Morgan fingerprint density at radius 2 is 1.78 bits per heavy atom. The molecular formula is C27H35N7O2. The van der Waals surface area contributed by atoms with Crippen LogP contribution in [-0.4, -0.2) is 65.1 Å². The van der Waals surface area contributed by atoms with E-state index in [0.29, 0.717) is 23.5 Å². The smallest absolute Gasteiger partial charge is 0.256 e. The fraction of sp³-hybridized carbons (Fsp3) is 0.481. The van der Waals surface area contributed by atoms with Crippen LogP contribution in [0, 0.1) is 0 Å². The van der Waals surface area contributed by atoms with Gasteiger partial charge in [-0.1, -0.05) is 19.3 Å². The average Bonchev–Trinajstić information content (AvgIpc) is 2.90. The van der Waals surface area contributed by atoms with Crippen molar-refractivity contribution in [3.05, 3.63) is 52.4 Å². The van der Waals surface area contributed by atoms with Crippen molar-refractivity contribution in [1.82, 2.24) is 24.8 Å². The van der Waals surface area contributed by atoms with Crippen LogP contribution in [0.4, 0.5) is 17.3 Å². The number of benzene rings is 1. The van der Waals surface area contributed by atoms with E-state index in [4.69, 9.17) is 4.98 Å². The van der Waals surface area contributed by atoms with Crippen LogP contribution in [0.2, 0.25) is 0 Å². The predicted molar refractivity (Wildman–Crippen MR) is 143 cm³/mol. The number of nitrogens with one attached hydrogen (secondary N) is 2. The van der Waals surface area contributed by atoms with E-state index in [1.807, 2.05) is 23.6 Å². The number of hydrogen-bond donors (Lipinski definition) is 2. The van der Waals surface area contributed by atoms with Crippen molar-refractivity contribution in [2.45, 2.75) is 45.1 Å². The first-order valence-corrected chi connectivity index (χ1v) is 13.0. The summed E-state index contributed by atoms with van der Waals surface area (Å²) in [6.07, 6.45) is 8.74. The topological polar surface area (TPSA) is 95.4 Å². The van der Waals surface area contributed by atoms with Crippen LogP contribution in [0.5, 0.6) is 0 Å². The van der Waals surface area contributed by atoms with Crippen LogP contribution in [0.25, 0.3) is 11.0 Å². The third kappa shape index (κ3) is 5.06. The second kappa shape index (κ2) is 10.7. The van der Waals surface area contributed by atoms with Crippen molar-refractivity contribution in [1.29, 1.82) is 0 Å². The molecule has 1 saturated heterocycles. The Labute approximate surface area is 211 Å². The van der Waals surface area contributed by atoms with Crippen molar-refractivity contribution >= 4 is 34.3 Å². The summed E-state index contributed by atoms with van der Waals surface area (Å²) < 4.78 is 2.03. The van der Waals surface area contributed by atoms with Crippen molar-refractivity contribution in [3.8, 4) is 0 Å². The van der Waals surface area contributed by atoms with Gasteiger partial charge in [-0.2, -0.15) is 4.98 Å². The maximum Gasteiger partial charge on any atom is 0.256 e. The van der Waals surface area contributed by atoms with Gasteiger partial charge in [-0.05, 0) is 51.1 Å². The number of fused-ring (bicyclic) bond motifs is 1. The van der Waals surface area contributed by atoms with Crippen molar-refractivity contribution in [2.75, 3.05) is 50.0 Å². The van der Waals surface area contributed by atoms with Crippen molar-refractivity contribution in [3.63, 3.8) is 0 Å². The van der Waals surface area contributed by atoms with Gasteiger partial charge in [0, 0.05) is 62.5 Å². The number of carbonyl (C=O) groups is 1. The van der Waals surface area contributed by atoms with Gasteiger partial charge in [0.2, 0.25) is 11.4 Å². The molecule has 1 aromatic carbocycles. The lowest BCUT2D eigenvalue weighted by Crippen LogP contribution is -2.44. The molecule has 2 fully saturated rings. The van der Waals surface area contributed by atoms with Crippen LogP contribution in [-0.2, 0) is 0 Å². The Morgan fingerprint density at radius 1 is 1.06 bits per heavy atom. The summed E-state index contributed by atoms with van der Waals surface area (Å²) in [7, 11) is 2.16. The summed E-state index contributed by atoms with van der Waals surface area (Å²) in [5.74, 6) is 0.0844. The molecule has 0 bridgehead atoms. The van der Waals surface area contributed by atoms with Crippen molar-refractivity contribution < 1.29 is 4.79 Å². The van der Waals surface area contributed by atoms with E-state index in [1.54, 1.807) is 12.4 Å². The summed E-state index contributed by atoms with van der Waals surface area (Å²) in [5, 5.41) is 6.43. The predicted octanol–water partition coefficient (Wildman–Crippen LogP) is 3.54.